The second-order valence-electron chi connectivity index (χ2n) is 5.94. The van der Waals surface area contributed by atoms with Crippen molar-refractivity contribution in [2.45, 2.75) is 32.2 Å². The molecule has 2 amide bonds. The highest BCUT2D eigenvalue weighted by Gasteiger charge is 2.24. The maximum Gasteiger partial charge on any atom is 0.410 e. The first kappa shape index (κ1) is 18.8. The van der Waals surface area contributed by atoms with E-state index in [2.05, 4.69) is 18.8 Å². The van der Waals surface area contributed by atoms with Crippen molar-refractivity contribution in [3.05, 3.63) is 42.5 Å². The summed E-state index contributed by atoms with van der Waals surface area (Å²) >= 11 is 0. The van der Waals surface area contributed by atoms with Crippen molar-refractivity contribution in [1.29, 1.82) is 0 Å². The molecule has 1 aliphatic heterocycles. The molecule has 1 aromatic rings. The van der Waals surface area contributed by atoms with Crippen molar-refractivity contribution in [2.24, 2.45) is 0 Å². The van der Waals surface area contributed by atoms with E-state index in [1.807, 2.05) is 24.3 Å². The van der Waals surface area contributed by atoms with Gasteiger partial charge in [-0.1, -0.05) is 37.8 Å². The van der Waals surface area contributed by atoms with Gasteiger partial charge < -0.3 is 19.7 Å². The summed E-state index contributed by atoms with van der Waals surface area (Å²) in [5.41, 5.74) is 1.08. The molecule has 0 aromatic heterocycles. The van der Waals surface area contributed by atoms with Crippen LogP contribution in [0.4, 0.5) is 4.79 Å². The number of likely N-dealkylation sites (tertiary alicyclic amines) is 1. The van der Waals surface area contributed by atoms with Crippen LogP contribution in [0.5, 0.6) is 5.75 Å². The average molecular weight is 346 g/mol. The smallest absolute Gasteiger partial charge is 0.410 e. The van der Waals surface area contributed by atoms with Crippen LogP contribution in [-0.2, 0) is 16.0 Å². The number of nitrogens with zero attached hydrogens (tertiary/aromatic N) is 1. The fourth-order valence-corrected chi connectivity index (χ4v) is 2.78. The second kappa shape index (κ2) is 9.71. The zero-order valence-electron chi connectivity index (χ0n) is 14.7. The molecule has 1 fully saturated rings. The Labute approximate surface area is 148 Å². The Hall–Kier alpha value is -2.50. The molecule has 0 bridgehead atoms. The van der Waals surface area contributed by atoms with Crippen LogP contribution in [0.25, 0.3) is 0 Å². The summed E-state index contributed by atoms with van der Waals surface area (Å²) < 4.78 is 10.6. The van der Waals surface area contributed by atoms with Gasteiger partial charge in [-0.3, -0.25) is 4.79 Å². The normalized spacial score (nSPS) is 14.7. The van der Waals surface area contributed by atoms with E-state index in [0.717, 1.165) is 17.7 Å². The molecule has 6 nitrogen and oxygen atoms in total. The predicted octanol–water partition coefficient (Wildman–Crippen LogP) is 2.53. The number of carbonyl (C=O) groups is 2. The van der Waals surface area contributed by atoms with Crippen molar-refractivity contribution in [1.82, 2.24) is 10.2 Å². The molecule has 0 saturated carbocycles. The van der Waals surface area contributed by atoms with Gasteiger partial charge in [0, 0.05) is 19.1 Å². The standard InChI is InChI=1S/C19H26N2O4/c1-3-13-24-19(23)21-11-9-16(10-12-21)20-18(22)14-25-17-8-6-5-7-15(17)4-2/h3,5-8,16H,1,4,9-14H2,2H3,(H,20,22). The summed E-state index contributed by atoms with van der Waals surface area (Å²) in [6, 6.07) is 7.78. The Morgan fingerprint density at radius 2 is 2.04 bits per heavy atom. The van der Waals surface area contributed by atoms with Crippen LogP contribution in [0, 0.1) is 0 Å². The molecule has 1 heterocycles. The molecule has 1 aromatic carbocycles. The Balaban J connectivity index is 1.71. The van der Waals surface area contributed by atoms with Gasteiger partial charge in [0.1, 0.15) is 12.4 Å². The maximum absolute atomic E-state index is 12.1. The zero-order valence-corrected chi connectivity index (χ0v) is 14.7. The van der Waals surface area contributed by atoms with Crippen LogP contribution in [0.2, 0.25) is 0 Å². The first-order chi connectivity index (χ1) is 12.1. The van der Waals surface area contributed by atoms with Gasteiger partial charge in [0.15, 0.2) is 6.61 Å². The zero-order chi connectivity index (χ0) is 18.1. The van der Waals surface area contributed by atoms with Crippen LogP contribution in [0.1, 0.15) is 25.3 Å². The number of carbonyl (C=O) groups excluding carboxylic acids is 2. The number of rotatable bonds is 7. The van der Waals surface area contributed by atoms with Gasteiger partial charge in [-0.25, -0.2) is 4.79 Å². The molecule has 0 unspecified atom stereocenters. The van der Waals surface area contributed by atoms with E-state index in [-0.39, 0.29) is 31.3 Å². The number of para-hydroxylation sites is 1. The van der Waals surface area contributed by atoms with E-state index < -0.39 is 0 Å². The van der Waals surface area contributed by atoms with E-state index in [4.69, 9.17) is 9.47 Å². The Kier molecular flexibility index (Phi) is 7.32. The summed E-state index contributed by atoms with van der Waals surface area (Å²) in [4.78, 5) is 25.5. The van der Waals surface area contributed by atoms with Crippen LogP contribution in [0.15, 0.2) is 36.9 Å². The lowest BCUT2D eigenvalue weighted by atomic mass is 10.1. The fraction of sp³-hybridized carbons (Fsp3) is 0.474. The van der Waals surface area contributed by atoms with E-state index in [9.17, 15) is 9.59 Å². The lowest BCUT2D eigenvalue weighted by molar-refractivity contribution is -0.124. The Morgan fingerprint density at radius 1 is 1.32 bits per heavy atom. The first-order valence-electron chi connectivity index (χ1n) is 8.66. The van der Waals surface area contributed by atoms with Crippen LogP contribution in [-0.4, -0.2) is 49.2 Å². The van der Waals surface area contributed by atoms with Crippen molar-refractivity contribution in [2.75, 3.05) is 26.3 Å². The van der Waals surface area contributed by atoms with Crippen molar-refractivity contribution < 1.29 is 19.1 Å². The van der Waals surface area contributed by atoms with Crippen LogP contribution >= 0.6 is 0 Å². The fourth-order valence-electron chi connectivity index (χ4n) is 2.78. The molecule has 25 heavy (non-hydrogen) atoms. The summed E-state index contributed by atoms with van der Waals surface area (Å²) in [7, 11) is 0. The van der Waals surface area contributed by atoms with Gasteiger partial charge in [0.25, 0.3) is 5.91 Å². The minimum absolute atomic E-state index is 0.00138. The third-order valence-electron chi connectivity index (χ3n) is 4.16. The molecule has 6 heteroatoms. The molecule has 0 spiro atoms. The molecule has 1 saturated heterocycles. The number of hydrogen-bond acceptors (Lipinski definition) is 4. The number of hydrogen-bond donors (Lipinski definition) is 1. The number of ether oxygens (including phenoxy) is 2. The van der Waals surface area contributed by atoms with Gasteiger partial charge in [0.2, 0.25) is 0 Å². The van der Waals surface area contributed by atoms with Crippen LogP contribution < -0.4 is 10.1 Å². The summed E-state index contributed by atoms with van der Waals surface area (Å²) in [6.07, 6.45) is 3.49. The number of amides is 2. The number of piperidine rings is 1. The number of benzene rings is 1. The van der Waals surface area contributed by atoms with Gasteiger partial charge in [-0.15, -0.1) is 0 Å². The molecule has 1 N–H and O–H groups in total. The van der Waals surface area contributed by atoms with Crippen molar-refractivity contribution in [3.8, 4) is 5.75 Å². The van der Waals surface area contributed by atoms with E-state index >= 15 is 0 Å². The first-order valence-corrected chi connectivity index (χ1v) is 8.66. The molecule has 2 rings (SSSR count). The predicted molar refractivity (Wildman–Crippen MR) is 95.6 cm³/mol. The van der Waals surface area contributed by atoms with E-state index in [0.29, 0.717) is 25.9 Å². The summed E-state index contributed by atoms with van der Waals surface area (Å²) in [6.45, 7) is 6.92. The Morgan fingerprint density at radius 3 is 2.72 bits per heavy atom. The Bertz CT molecular complexity index is 595. The highest BCUT2D eigenvalue weighted by Crippen LogP contribution is 2.18. The highest BCUT2D eigenvalue weighted by atomic mass is 16.6. The maximum atomic E-state index is 12.1. The van der Waals surface area contributed by atoms with Gasteiger partial charge in [0.05, 0.1) is 0 Å². The van der Waals surface area contributed by atoms with E-state index in [1.165, 1.54) is 0 Å². The molecule has 1 aliphatic rings. The van der Waals surface area contributed by atoms with Gasteiger partial charge in [-0.2, -0.15) is 0 Å². The SMILES string of the molecule is C=CCOC(=O)N1CCC(NC(=O)COc2ccccc2CC)CC1. The number of nitrogens with one attached hydrogen (secondary N) is 1. The lowest BCUT2D eigenvalue weighted by Crippen LogP contribution is -2.47. The van der Waals surface area contributed by atoms with E-state index in [1.54, 1.807) is 11.0 Å². The van der Waals surface area contributed by atoms with Gasteiger partial charge >= 0.3 is 6.09 Å². The summed E-state index contributed by atoms with van der Waals surface area (Å²) in [5.74, 6) is 0.610. The molecular formula is C19H26N2O4. The monoisotopic (exact) mass is 346 g/mol. The molecule has 0 aliphatic carbocycles. The third-order valence-corrected chi connectivity index (χ3v) is 4.16. The average Bonchev–Trinajstić information content (AvgIpc) is 2.65. The summed E-state index contributed by atoms with van der Waals surface area (Å²) in [5, 5.41) is 2.97. The van der Waals surface area contributed by atoms with Gasteiger partial charge in [-0.05, 0) is 30.9 Å². The second-order valence-corrected chi connectivity index (χ2v) is 5.94. The van der Waals surface area contributed by atoms with Crippen molar-refractivity contribution >= 4 is 12.0 Å². The molecular weight excluding hydrogens is 320 g/mol. The molecule has 0 radical (unpaired) electrons. The molecule has 136 valence electrons. The van der Waals surface area contributed by atoms with Crippen molar-refractivity contribution in [3.63, 3.8) is 0 Å². The largest absolute Gasteiger partial charge is 0.483 e. The highest BCUT2D eigenvalue weighted by molar-refractivity contribution is 5.78. The minimum Gasteiger partial charge on any atom is -0.483 e. The topological polar surface area (TPSA) is 67.9 Å². The van der Waals surface area contributed by atoms with Crippen LogP contribution in [0.3, 0.4) is 0 Å². The minimum atomic E-state index is -0.329. The molecule has 0 atom stereocenters. The lowest BCUT2D eigenvalue weighted by Gasteiger charge is -2.31. The number of aryl methyl sites for hydroxylation is 1. The quantitative estimate of drug-likeness (QED) is 0.771. The third kappa shape index (κ3) is 5.81.